The van der Waals surface area contributed by atoms with Crippen LogP contribution in [0.2, 0.25) is 0 Å². The van der Waals surface area contributed by atoms with E-state index >= 15 is 0 Å². The van der Waals surface area contributed by atoms with Gasteiger partial charge in [0.1, 0.15) is 0 Å². The molecule has 23 heavy (non-hydrogen) atoms. The van der Waals surface area contributed by atoms with Crippen LogP contribution in [0.25, 0.3) is 0 Å². The van der Waals surface area contributed by atoms with Crippen LogP contribution < -0.4 is 5.43 Å². The highest BCUT2D eigenvalue weighted by atomic mass is 16.2. The lowest BCUT2D eigenvalue weighted by Gasteiger charge is -2.21. The van der Waals surface area contributed by atoms with Gasteiger partial charge in [0.05, 0.1) is 0 Å². The Kier molecular flexibility index (Phi) is 15.9. The minimum Gasteiger partial charge on any atom is -0.289 e. The maximum absolute atomic E-state index is 11.7. The number of nitrogens with zero attached hydrogens (tertiary/aromatic N) is 1. The summed E-state index contributed by atoms with van der Waals surface area (Å²) >= 11 is 0. The molecule has 0 aliphatic carbocycles. The highest BCUT2D eigenvalue weighted by Crippen LogP contribution is 2.12. The molecule has 0 atom stereocenters. The van der Waals surface area contributed by atoms with Gasteiger partial charge in [-0.15, -0.1) is 0 Å². The van der Waals surface area contributed by atoms with Gasteiger partial charge in [-0.2, -0.15) is 0 Å². The van der Waals surface area contributed by atoms with E-state index in [1.165, 1.54) is 77.0 Å². The standard InChI is InChI=1S/C20H42N2O/c1-5-6-7-8-9-10-11-12-13-14-15-16-17-18-20(23)21-22(4)19(2)3/h19H,5-18H2,1-4H3,(H,21,23). The van der Waals surface area contributed by atoms with Crippen molar-refractivity contribution < 1.29 is 4.79 Å². The largest absolute Gasteiger partial charge is 0.289 e. The summed E-state index contributed by atoms with van der Waals surface area (Å²) in [6.07, 6.45) is 18.1. The van der Waals surface area contributed by atoms with E-state index in [1.807, 2.05) is 12.1 Å². The van der Waals surface area contributed by atoms with Crippen molar-refractivity contribution in [3.8, 4) is 0 Å². The Bertz CT molecular complexity index is 266. The lowest BCUT2D eigenvalue weighted by molar-refractivity contribution is -0.126. The number of hydrogen-bond donors (Lipinski definition) is 1. The van der Waals surface area contributed by atoms with E-state index < -0.39 is 0 Å². The first-order valence-electron chi connectivity index (χ1n) is 10.1. The van der Waals surface area contributed by atoms with Crippen molar-refractivity contribution in [3.63, 3.8) is 0 Å². The zero-order valence-electron chi connectivity index (χ0n) is 16.3. The molecule has 1 amide bonds. The van der Waals surface area contributed by atoms with E-state index in [-0.39, 0.29) is 5.91 Å². The van der Waals surface area contributed by atoms with Crippen LogP contribution in [0.1, 0.15) is 111 Å². The third kappa shape index (κ3) is 16.1. The number of amides is 1. The average Bonchev–Trinajstić information content (AvgIpc) is 2.51. The molecule has 0 aromatic rings. The summed E-state index contributed by atoms with van der Waals surface area (Å²) in [6, 6.07) is 0.352. The smallest absolute Gasteiger partial charge is 0.234 e. The molecular weight excluding hydrogens is 284 g/mol. The number of carbonyl (C=O) groups is 1. The topological polar surface area (TPSA) is 32.3 Å². The van der Waals surface area contributed by atoms with E-state index in [1.54, 1.807) is 0 Å². The second kappa shape index (κ2) is 16.3. The van der Waals surface area contributed by atoms with Crippen LogP contribution in [0.15, 0.2) is 0 Å². The first-order valence-corrected chi connectivity index (χ1v) is 10.1. The van der Waals surface area contributed by atoms with E-state index in [0.29, 0.717) is 12.5 Å². The molecule has 0 bridgehead atoms. The molecule has 0 fully saturated rings. The number of hydrogen-bond acceptors (Lipinski definition) is 2. The van der Waals surface area contributed by atoms with Gasteiger partial charge in [0.25, 0.3) is 0 Å². The van der Waals surface area contributed by atoms with Gasteiger partial charge in [-0.3, -0.25) is 10.2 Å². The molecule has 3 heteroatoms. The summed E-state index contributed by atoms with van der Waals surface area (Å²) in [7, 11) is 1.92. The molecule has 0 aliphatic heterocycles. The molecule has 0 unspecified atom stereocenters. The van der Waals surface area contributed by atoms with Crippen molar-refractivity contribution in [2.45, 2.75) is 117 Å². The van der Waals surface area contributed by atoms with Crippen molar-refractivity contribution in [1.29, 1.82) is 0 Å². The lowest BCUT2D eigenvalue weighted by atomic mass is 10.0. The first-order chi connectivity index (χ1) is 11.1. The van der Waals surface area contributed by atoms with E-state index in [9.17, 15) is 4.79 Å². The monoisotopic (exact) mass is 326 g/mol. The van der Waals surface area contributed by atoms with Gasteiger partial charge < -0.3 is 0 Å². The fraction of sp³-hybridized carbons (Fsp3) is 0.950. The van der Waals surface area contributed by atoms with Gasteiger partial charge in [-0.05, 0) is 20.3 Å². The molecule has 0 spiro atoms. The maximum Gasteiger partial charge on any atom is 0.234 e. The Balaban J connectivity index is 3.20. The van der Waals surface area contributed by atoms with Crippen LogP contribution in [0.5, 0.6) is 0 Å². The number of unbranched alkanes of at least 4 members (excludes halogenated alkanes) is 12. The predicted molar refractivity (Wildman–Crippen MR) is 101 cm³/mol. The minimum absolute atomic E-state index is 0.157. The van der Waals surface area contributed by atoms with Gasteiger partial charge in [-0.25, -0.2) is 5.01 Å². The molecule has 3 nitrogen and oxygen atoms in total. The first kappa shape index (κ1) is 22.4. The number of carbonyl (C=O) groups excluding carboxylic acids is 1. The summed E-state index contributed by atoms with van der Waals surface area (Å²) in [5, 5.41) is 1.88. The van der Waals surface area contributed by atoms with Crippen molar-refractivity contribution in [3.05, 3.63) is 0 Å². The SMILES string of the molecule is CCCCCCCCCCCCCCCC(=O)NN(C)C(C)C. The molecule has 0 saturated carbocycles. The molecule has 0 aliphatic rings. The van der Waals surface area contributed by atoms with E-state index in [0.717, 1.165) is 6.42 Å². The Morgan fingerprint density at radius 2 is 1.17 bits per heavy atom. The van der Waals surface area contributed by atoms with Crippen LogP contribution in [-0.4, -0.2) is 24.0 Å². The predicted octanol–water partition coefficient (Wildman–Crippen LogP) is 5.84. The summed E-state index contributed by atoms with van der Waals surface area (Å²) < 4.78 is 0. The number of rotatable bonds is 16. The second-order valence-electron chi connectivity index (χ2n) is 7.23. The second-order valence-corrected chi connectivity index (χ2v) is 7.23. The summed E-state index contributed by atoms with van der Waals surface area (Å²) in [5.74, 6) is 0.157. The molecule has 0 radical (unpaired) electrons. The molecule has 0 aromatic carbocycles. The normalized spacial score (nSPS) is 11.4. The quantitative estimate of drug-likeness (QED) is 0.285. The van der Waals surface area contributed by atoms with Crippen molar-refractivity contribution >= 4 is 5.91 Å². The van der Waals surface area contributed by atoms with Crippen LogP contribution in [-0.2, 0) is 4.79 Å². The average molecular weight is 327 g/mol. The molecule has 1 N–H and O–H groups in total. The van der Waals surface area contributed by atoms with Gasteiger partial charge >= 0.3 is 0 Å². The third-order valence-electron chi connectivity index (χ3n) is 4.58. The van der Waals surface area contributed by atoms with Crippen molar-refractivity contribution in [1.82, 2.24) is 10.4 Å². The Hall–Kier alpha value is -0.570. The molecular formula is C20H42N2O. The van der Waals surface area contributed by atoms with Gasteiger partial charge in [0.2, 0.25) is 5.91 Å². The Morgan fingerprint density at radius 3 is 1.57 bits per heavy atom. The van der Waals surface area contributed by atoms with E-state index in [2.05, 4.69) is 26.2 Å². The summed E-state index contributed by atoms with van der Waals surface area (Å²) in [6.45, 7) is 6.42. The molecule has 0 rings (SSSR count). The van der Waals surface area contributed by atoms with Gasteiger partial charge in [0.15, 0.2) is 0 Å². The fourth-order valence-corrected chi connectivity index (χ4v) is 2.69. The summed E-state index contributed by atoms with van der Waals surface area (Å²) in [5.41, 5.74) is 2.92. The zero-order chi connectivity index (χ0) is 17.3. The maximum atomic E-state index is 11.7. The lowest BCUT2D eigenvalue weighted by Crippen LogP contribution is -2.43. The molecule has 0 aromatic heterocycles. The Labute approximate surface area is 145 Å². The van der Waals surface area contributed by atoms with Crippen molar-refractivity contribution in [2.24, 2.45) is 0 Å². The van der Waals surface area contributed by atoms with Crippen LogP contribution >= 0.6 is 0 Å². The Morgan fingerprint density at radius 1 is 0.783 bits per heavy atom. The van der Waals surface area contributed by atoms with Gasteiger partial charge in [-0.1, -0.05) is 84.0 Å². The summed E-state index contributed by atoms with van der Waals surface area (Å²) in [4.78, 5) is 11.7. The number of hydrazine groups is 1. The van der Waals surface area contributed by atoms with Gasteiger partial charge in [0, 0.05) is 19.5 Å². The highest BCUT2D eigenvalue weighted by Gasteiger charge is 2.07. The zero-order valence-corrected chi connectivity index (χ0v) is 16.3. The molecule has 0 saturated heterocycles. The fourth-order valence-electron chi connectivity index (χ4n) is 2.69. The third-order valence-corrected chi connectivity index (χ3v) is 4.58. The molecule has 138 valence electrons. The molecule has 0 heterocycles. The minimum atomic E-state index is 0.157. The van der Waals surface area contributed by atoms with Crippen molar-refractivity contribution in [2.75, 3.05) is 7.05 Å². The van der Waals surface area contributed by atoms with Crippen LogP contribution in [0, 0.1) is 0 Å². The highest BCUT2D eigenvalue weighted by molar-refractivity contribution is 5.75. The number of nitrogens with one attached hydrogen (secondary N) is 1. The van der Waals surface area contributed by atoms with E-state index in [4.69, 9.17) is 0 Å². The van der Waals surface area contributed by atoms with Crippen LogP contribution in [0.3, 0.4) is 0 Å². The van der Waals surface area contributed by atoms with Crippen LogP contribution in [0.4, 0.5) is 0 Å².